The summed E-state index contributed by atoms with van der Waals surface area (Å²) in [6, 6.07) is 0. The number of nitrogens with zero attached hydrogens (tertiary/aromatic N) is 3. The monoisotopic (exact) mass is 237 g/mol. The fraction of sp³-hybridized carbons (Fsp3) is 0.571. The van der Waals surface area contributed by atoms with E-state index < -0.39 is 25.0 Å². The molecule has 1 heterocycles. The first-order valence-corrected chi connectivity index (χ1v) is 4.36. The van der Waals surface area contributed by atoms with Crippen LogP contribution < -0.4 is 11.1 Å². The van der Waals surface area contributed by atoms with Crippen molar-refractivity contribution in [3.63, 3.8) is 0 Å². The Balaban J connectivity index is 2.26. The van der Waals surface area contributed by atoms with Crippen molar-refractivity contribution in [3.05, 3.63) is 6.20 Å². The molecule has 0 fully saturated rings. The van der Waals surface area contributed by atoms with Gasteiger partial charge in [0.25, 0.3) is 0 Å². The van der Waals surface area contributed by atoms with E-state index in [1.165, 1.54) is 6.20 Å². The number of amides is 1. The van der Waals surface area contributed by atoms with Gasteiger partial charge in [0.1, 0.15) is 6.54 Å². The Kier molecular flexibility index (Phi) is 3.69. The van der Waals surface area contributed by atoms with E-state index in [4.69, 9.17) is 5.73 Å². The molecule has 0 unspecified atom stereocenters. The highest BCUT2D eigenvalue weighted by atomic mass is 19.4. The zero-order chi connectivity index (χ0) is 12.2. The van der Waals surface area contributed by atoms with Crippen LogP contribution in [-0.4, -0.2) is 33.6 Å². The minimum absolute atomic E-state index is 0.142. The highest BCUT2D eigenvalue weighted by molar-refractivity contribution is 5.75. The third kappa shape index (κ3) is 4.62. The summed E-state index contributed by atoms with van der Waals surface area (Å²) >= 11 is 0. The molecule has 90 valence electrons. The number of nitrogen functional groups attached to an aromatic ring is 1. The number of carbonyl (C=O) groups excluding carboxylic acids is 1. The Bertz CT molecular complexity index is 361. The van der Waals surface area contributed by atoms with Gasteiger partial charge in [-0.15, -0.1) is 5.10 Å². The van der Waals surface area contributed by atoms with Crippen molar-refractivity contribution in [1.29, 1.82) is 0 Å². The van der Waals surface area contributed by atoms with Crippen molar-refractivity contribution in [2.75, 3.05) is 12.3 Å². The molecule has 0 aliphatic rings. The molecule has 1 rings (SSSR count). The van der Waals surface area contributed by atoms with Crippen LogP contribution in [0, 0.1) is 0 Å². The SMILES string of the molecule is Nc1cnn(CC(=O)NCCC(F)(F)F)n1. The van der Waals surface area contributed by atoms with E-state index in [1.807, 2.05) is 0 Å². The average molecular weight is 237 g/mol. The molecule has 6 nitrogen and oxygen atoms in total. The zero-order valence-corrected chi connectivity index (χ0v) is 8.16. The van der Waals surface area contributed by atoms with E-state index in [0.717, 1.165) is 4.80 Å². The lowest BCUT2D eigenvalue weighted by Gasteiger charge is -2.07. The lowest BCUT2D eigenvalue weighted by Crippen LogP contribution is -2.31. The molecule has 0 bridgehead atoms. The fourth-order valence-electron chi connectivity index (χ4n) is 0.915. The minimum atomic E-state index is -4.28. The van der Waals surface area contributed by atoms with Crippen LogP contribution in [0.3, 0.4) is 0 Å². The maximum absolute atomic E-state index is 11.7. The largest absolute Gasteiger partial charge is 0.390 e. The van der Waals surface area contributed by atoms with Gasteiger partial charge in [0.15, 0.2) is 5.82 Å². The Hall–Kier alpha value is -1.80. The standard InChI is InChI=1S/C7H10F3N5O/c8-7(9,10)1-2-12-6(16)4-15-13-3-5(11)14-15/h3H,1-2,4H2,(H2,11,14)(H,12,16). The molecule has 1 aromatic rings. The number of hydrogen-bond donors (Lipinski definition) is 2. The number of carbonyl (C=O) groups is 1. The van der Waals surface area contributed by atoms with Crippen molar-refractivity contribution in [2.45, 2.75) is 19.1 Å². The lowest BCUT2D eigenvalue weighted by atomic mass is 10.4. The van der Waals surface area contributed by atoms with Gasteiger partial charge in [0.05, 0.1) is 12.6 Å². The quantitative estimate of drug-likeness (QED) is 0.767. The van der Waals surface area contributed by atoms with Crippen molar-refractivity contribution >= 4 is 11.7 Å². The van der Waals surface area contributed by atoms with Crippen LogP contribution in [0.2, 0.25) is 0 Å². The number of nitrogens with two attached hydrogens (primary N) is 1. The summed E-state index contributed by atoms with van der Waals surface area (Å²) in [6.45, 7) is -0.714. The first kappa shape index (κ1) is 12.3. The Morgan fingerprint density at radius 1 is 1.56 bits per heavy atom. The Labute approximate surface area is 88.6 Å². The summed E-state index contributed by atoms with van der Waals surface area (Å²) in [5, 5.41) is 9.31. The fourth-order valence-corrected chi connectivity index (χ4v) is 0.915. The molecule has 1 aromatic heterocycles. The first-order valence-electron chi connectivity index (χ1n) is 4.36. The van der Waals surface area contributed by atoms with Gasteiger partial charge in [0, 0.05) is 6.54 Å². The molecule has 3 N–H and O–H groups in total. The second-order valence-corrected chi connectivity index (χ2v) is 3.01. The summed E-state index contributed by atoms with van der Waals surface area (Å²) in [6.07, 6.45) is -4.10. The highest BCUT2D eigenvalue weighted by Gasteiger charge is 2.26. The average Bonchev–Trinajstić information content (AvgIpc) is 2.48. The van der Waals surface area contributed by atoms with Crippen LogP contribution in [0.15, 0.2) is 6.20 Å². The number of nitrogens with one attached hydrogen (secondary N) is 1. The smallest absolute Gasteiger partial charge is 0.381 e. The first-order chi connectivity index (χ1) is 7.37. The van der Waals surface area contributed by atoms with Crippen molar-refractivity contribution in [2.24, 2.45) is 0 Å². The van der Waals surface area contributed by atoms with Crippen LogP contribution in [0.5, 0.6) is 0 Å². The second kappa shape index (κ2) is 4.81. The number of hydrogen-bond acceptors (Lipinski definition) is 4. The number of halogens is 3. The summed E-state index contributed by atoms with van der Waals surface area (Å²) in [4.78, 5) is 12.1. The third-order valence-electron chi connectivity index (χ3n) is 1.57. The molecular formula is C7H10F3N5O. The molecule has 0 aliphatic heterocycles. The molecule has 0 aromatic carbocycles. The maximum Gasteiger partial charge on any atom is 0.390 e. The second-order valence-electron chi connectivity index (χ2n) is 3.01. The van der Waals surface area contributed by atoms with E-state index in [-0.39, 0.29) is 12.4 Å². The van der Waals surface area contributed by atoms with E-state index in [9.17, 15) is 18.0 Å². The molecule has 16 heavy (non-hydrogen) atoms. The van der Waals surface area contributed by atoms with Crippen LogP contribution in [0.4, 0.5) is 19.0 Å². The van der Waals surface area contributed by atoms with E-state index >= 15 is 0 Å². The highest BCUT2D eigenvalue weighted by Crippen LogP contribution is 2.17. The summed E-state index contributed by atoms with van der Waals surface area (Å²) in [7, 11) is 0. The van der Waals surface area contributed by atoms with Crippen LogP contribution in [0.25, 0.3) is 0 Å². The zero-order valence-electron chi connectivity index (χ0n) is 8.16. The van der Waals surface area contributed by atoms with Gasteiger partial charge in [-0.05, 0) is 0 Å². The third-order valence-corrected chi connectivity index (χ3v) is 1.57. The van der Waals surface area contributed by atoms with Crippen molar-refractivity contribution in [3.8, 4) is 0 Å². The molecule has 9 heteroatoms. The van der Waals surface area contributed by atoms with Gasteiger partial charge < -0.3 is 11.1 Å². The molecule has 0 saturated heterocycles. The minimum Gasteiger partial charge on any atom is -0.381 e. The molecular weight excluding hydrogens is 227 g/mol. The van der Waals surface area contributed by atoms with Gasteiger partial charge in [-0.1, -0.05) is 0 Å². The number of aromatic nitrogens is 3. The molecule has 0 spiro atoms. The number of anilines is 1. The Morgan fingerprint density at radius 2 is 2.25 bits per heavy atom. The molecule has 0 radical (unpaired) electrons. The van der Waals surface area contributed by atoms with Crippen LogP contribution in [-0.2, 0) is 11.3 Å². The predicted octanol–water partition coefficient (Wildman–Crippen LogP) is -0.0711. The molecule has 0 atom stereocenters. The predicted molar refractivity (Wildman–Crippen MR) is 48.1 cm³/mol. The van der Waals surface area contributed by atoms with Gasteiger partial charge in [0.2, 0.25) is 5.91 Å². The molecule has 0 saturated carbocycles. The van der Waals surface area contributed by atoms with Crippen LogP contribution >= 0.6 is 0 Å². The normalized spacial score (nSPS) is 11.4. The van der Waals surface area contributed by atoms with Gasteiger partial charge >= 0.3 is 6.18 Å². The number of rotatable bonds is 4. The maximum atomic E-state index is 11.7. The number of alkyl halides is 3. The lowest BCUT2D eigenvalue weighted by molar-refractivity contribution is -0.135. The summed E-state index contributed by atoms with van der Waals surface area (Å²) in [5.74, 6) is -0.456. The molecule has 0 aliphatic carbocycles. The van der Waals surface area contributed by atoms with E-state index in [0.29, 0.717) is 0 Å². The summed E-state index contributed by atoms with van der Waals surface area (Å²) < 4.78 is 35.2. The van der Waals surface area contributed by atoms with Crippen LogP contribution in [0.1, 0.15) is 6.42 Å². The van der Waals surface area contributed by atoms with Gasteiger partial charge in [-0.25, -0.2) is 0 Å². The molecule has 1 amide bonds. The Morgan fingerprint density at radius 3 is 2.75 bits per heavy atom. The van der Waals surface area contributed by atoms with Crippen molar-refractivity contribution < 1.29 is 18.0 Å². The van der Waals surface area contributed by atoms with Gasteiger partial charge in [-0.3, -0.25) is 4.79 Å². The van der Waals surface area contributed by atoms with E-state index in [1.54, 1.807) is 0 Å². The van der Waals surface area contributed by atoms with Crippen molar-refractivity contribution in [1.82, 2.24) is 20.3 Å². The summed E-state index contributed by atoms with van der Waals surface area (Å²) in [5.41, 5.74) is 5.24. The topological polar surface area (TPSA) is 85.8 Å². The van der Waals surface area contributed by atoms with Gasteiger partial charge in [-0.2, -0.15) is 23.1 Å². The van der Waals surface area contributed by atoms with E-state index in [2.05, 4.69) is 15.5 Å².